The molecule has 1 heterocycles. The molecule has 188 valence electrons. The summed E-state index contributed by atoms with van der Waals surface area (Å²) in [5.74, 6) is -3.07. The Balaban J connectivity index is 2.99. The van der Waals surface area contributed by atoms with Crippen LogP contribution in [0.3, 0.4) is 0 Å². The molecule has 0 aromatic rings. The number of nitrogens with two attached hydrogens (primary N) is 3. The SMILES string of the molecule is CC(C)C(N)C(=O)NC(CCCN=C(N)N)C(=O)NC(C(=O)N1CCCC1C(=O)O)C(C)C. The van der Waals surface area contributed by atoms with Crippen molar-refractivity contribution in [2.75, 3.05) is 13.1 Å². The van der Waals surface area contributed by atoms with Crippen LogP contribution in [-0.2, 0) is 19.2 Å². The smallest absolute Gasteiger partial charge is 0.326 e. The summed E-state index contributed by atoms with van der Waals surface area (Å²) < 4.78 is 0. The molecule has 3 amide bonds. The maximum atomic E-state index is 13.1. The zero-order chi connectivity index (χ0) is 25.3. The highest BCUT2D eigenvalue weighted by Crippen LogP contribution is 2.20. The first-order valence-electron chi connectivity index (χ1n) is 11.3. The van der Waals surface area contributed by atoms with Gasteiger partial charge in [-0.05, 0) is 37.5 Å². The molecule has 4 atom stereocenters. The van der Waals surface area contributed by atoms with Crippen LogP contribution in [0.4, 0.5) is 0 Å². The van der Waals surface area contributed by atoms with Gasteiger partial charge in [0.05, 0.1) is 6.04 Å². The molecular weight excluding hydrogens is 430 g/mol. The molecule has 0 aromatic heterocycles. The fourth-order valence-corrected chi connectivity index (χ4v) is 3.58. The molecule has 0 saturated carbocycles. The molecule has 0 spiro atoms. The van der Waals surface area contributed by atoms with Crippen molar-refractivity contribution < 1.29 is 24.3 Å². The Bertz CT molecular complexity index is 737. The number of aliphatic carboxylic acids is 1. The average Bonchev–Trinajstić information content (AvgIpc) is 3.22. The third-order valence-electron chi connectivity index (χ3n) is 5.65. The summed E-state index contributed by atoms with van der Waals surface area (Å²) in [5, 5.41) is 14.8. The van der Waals surface area contributed by atoms with Crippen LogP contribution in [0.15, 0.2) is 4.99 Å². The van der Waals surface area contributed by atoms with Crippen LogP contribution in [0.1, 0.15) is 53.4 Å². The first-order valence-corrected chi connectivity index (χ1v) is 11.3. The molecule has 0 radical (unpaired) electrons. The molecule has 0 aromatic carbocycles. The quantitative estimate of drug-likeness (QED) is 0.115. The Morgan fingerprint density at radius 3 is 2.21 bits per heavy atom. The number of hydrogen-bond donors (Lipinski definition) is 6. The number of carbonyl (C=O) groups excluding carboxylic acids is 3. The van der Waals surface area contributed by atoms with Crippen molar-refractivity contribution >= 4 is 29.7 Å². The summed E-state index contributed by atoms with van der Waals surface area (Å²) >= 11 is 0. The van der Waals surface area contributed by atoms with Gasteiger partial charge in [-0.3, -0.25) is 19.4 Å². The topological polar surface area (TPSA) is 206 Å². The van der Waals surface area contributed by atoms with E-state index in [0.29, 0.717) is 25.8 Å². The highest BCUT2D eigenvalue weighted by Gasteiger charge is 2.39. The molecule has 0 aliphatic carbocycles. The molecule has 1 saturated heterocycles. The van der Waals surface area contributed by atoms with Crippen LogP contribution in [0, 0.1) is 11.8 Å². The summed E-state index contributed by atoms with van der Waals surface area (Å²) in [6, 6.07) is -3.61. The molecule has 9 N–H and O–H groups in total. The average molecular weight is 470 g/mol. The van der Waals surface area contributed by atoms with Crippen molar-refractivity contribution in [3.8, 4) is 0 Å². The lowest BCUT2D eigenvalue weighted by molar-refractivity contribution is -0.150. The molecule has 33 heavy (non-hydrogen) atoms. The fraction of sp³-hybridized carbons (Fsp3) is 0.762. The van der Waals surface area contributed by atoms with Gasteiger partial charge in [-0.15, -0.1) is 0 Å². The molecule has 12 nitrogen and oxygen atoms in total. The maximum Gasteiger partial charge on any atom is 0.326 e. The lowest BCUT2D eigenvalue weighted by atomic mass is 10.00. The van der Waals surface area contributed by atoms with E-state index in [4.69, 9.17) is 17.2 Å². The zero-order valence-corrected chi connectivity index (χ0v) is 19.9. The standard InChI is InChI=1S/C21H39N7O5/c1-11(2)15(22)18(30)26-13(7-5-9-25-21(23)24)17(29)27-16(12(3)4)19(31)28-10-6-8-14(28)20(32)33/h11-16H,5-10,22H2,1-4H3,(H,26,30)(H,27,29)(H,32,33)(H4,23,24,25). The summed E-state index contributed by atoms with van der Waals surface area (Å²) in [7, 11) is 0. The van der Waals surface area contributed by atoms with Gasteiger partial charge >= 0.3 is 5.97 Å². The van der Waals surface area contributed by atoms with Gasteiger partial charge < -0.3 is 37.8 Å². The van der Waals surface area contributed by atoms with Crippen LogP contribution in [0.5, 0.6) is 0 Å². The molecule has 0 bridgehead atoms. The van der Waals surface area contributed by atoms with Gasteiger partial charge in [0.1, 0.15) is 18.1 Å². The molecule has 1 aliphatic heterocycles. The van der Waals surface area contributed by atoms with E-state index < -0.39 is 47.9 Å². The number of nitrogens with zero attached hydrogens (tertiary/aromatic N) is 2. The van der Waals surface area contributed by atoms with Crippen LogP contribution in [-0.4, -0.2) is 76.9 Å². The molecule has 4 unspecified atom stereocenters. The normalized spacial score (nSPS) is 18.5. The minimum Gasteiger partial charge on any atom is -0.480 e. The number of guanidine groups is 1. The Hall–Kier alpha value is -2.89. The van der Waals surface area contributed by atoms with Crippen molar-refractivity contribution in [1.29, 1.82) is 0 Å². The first kappa shape index (κ1) is 28.1. The van der Waals surface area contributed by atoms with Crippen molar-refractivity contribution in [1.82, 2.24) is 15.5 Å². The number of carboxylic acid groups (broad SMARTS) is 1. The van der Waals surface area contributed by atoms with E-state index >= 15 is 0 Å². The first-order chi connectivity index (χ1) is 15.4. The maximum absolute atomic E-state index is 13.1. The van der Waals surface area contributed by atoms with Gasteiger partial charge in [-0.1, -0.05) is 27.7 Å². The molecule has 1 rings (SSSR count). The van der Waals surface area contributed by atoms with Gasteiger partial charge in [0.2, 0.25) is 17.7 Å². The van der Waals surface area contributed by atoms with E-state index in [-0.39, 0.29) is 30.8 Å². The summed E-state index contributed by atoms with van der Waals surface area (Å²) in [4.78, 5) is 55.4. The van der Waals surface area contributed by atoms with E-state index in [1.807, 2.05) is 0 Å². The number of aliphatic imine (C=N–C) groups is 1. The van der Waals surface area contributed by atoms with E-state index in [2.05, 4.69) is 15.6 Å². The van der Waals surface area contributed by atoms with E-state index in [9.17, 15) is 24.3 Å². The van der Waals surface area contributed by atoms with Crippen molar-refractivity contribution in [2.45, 2.75) is 77.5 Å². The number of hydrogen-bond acceptors (Lipinski definition) is 6. The van der Waals surface area contributed by atoms with E-state index in [1.165, 1.54) is 4.90 Å². The summed E-state index contributed by atoms with van der Waals surface area (Å²) in [5.41, 5.74) is 16.6. The second-order valence-corrected chi connectivity index (χ2v) is 9.04. The highest BCUT2D eigenvalue weighted by atomic mass is 16.4. The van der Waals surface area contributed by atoms with Gasteiger partial charge in [-0.25, -0.2) is 4.79 Å². The van der Waals surface area contributed by atoms with Crippen molar-refractivity contribution in [2.24, 2.45) is 34.0 Å². The second kappa shape index (κ2) is 13.0. The monoisotopic (exact) mass is 469 g/mol. The molecule has 1 fully saturated rings. The lowest BCUT2D eigenvalue weighted by Gasteiger charge is -2.31. The second-order valence-electron chi connectivity index (χ2n) is 9.04. The number of carbonyl (C=O) groups is 4. The van der Waals surface area contributed by atoms with Crippen LogP contribution in [0.25, 0.3) is 0 Å². The Kier molecular flexibility index (Phi) is 11.1. The Morgan fingerprint density at radius 1 is 1.06 bits per heavy atom. The third-order valence-corrected chi connectivity index (χ3v) is 5.65. The highest BCUT2D eigenvalue weighted by molar-refractivity contribution is 5.94. The number of likely N-dealkylation sites (tertiary alicyclic amines) is 1. The fourth-order valence-electron chi connectivity index (χ4n) is 3.58. The lowest BCUT2D eigenvalue weighted by Crippen LogP contribution is -2.58. The molecule has 12 heteroatoms. The summed E-state index contributed by atoms with van der Waals surface area (Å²) in [6.07, 6.45) is 1.58. The predicted octanol–water partition coefficient (Wildman–Crippen LogP) is -1.28. The Morgan fingerprint density at radius 2 is 1.70 bits per heavy atom. The minimum absolute atomic E-state index is 0.0778. The molecule has 1 aliphatic rings. The molecular formula is C21H39N7O5. The van der Waals surface area contributed by atoms with Gasteiger partial charge in [0, 0.05) is 13.1 Å². The third kappa shape index (κ3) is 8.52. The predicted molar refractivity (Wildman–Crippen MR) is 124 cm³/mol. The van der Waals surface area contributed by atoms with Gasteiger partial charge in [0.25, 0.3) is 0 Å². The zero-order valence-electron chi connectivity index (χ0n) is 19.9. The van der Waals surface area contributed by atoms with Crippen LogP contribution < -0.4 is 27.8 Å². The number of carboxylic acids is 1. The van der Waals surface area contributed by atoms with E-state index in [0.717, 1.165) is 0 Å². The van der Waals surface area contributed by atoms with Crippen LogP contribution >= 0.6 is 0 Å². The number of nitrogens with one attached hydrogen (secondary N) is 2. The summed E-state index contributed by atoms with van der Waals surface area (Å²) in [6.45, 7) is 7.68. The number of amides is 3. The van der Waals surface area contributed by atoms with Gasteiger partial charge in [-0.2, -0.15) is 0 Å². The number of rotatable bonds is 12. The van der Waals surface area contributed by atoms with Crippen LogP contribution in [0.2, 0.25) is 0 Å². The van der Waals surface area contributed by atoms with Crippen molar-refractivity contribution in [3.05, 3.63) is 0 Å². The minimum atomic E-state index is -1.07. The van der Waals surface area contributed by atoms with E-state index in [1.54, 1.807) is 27.7 Å². The largest absolute Gasteiger partial charge is 0.480 e. The Labute approximate surface area is 194 Å². The van der Waals surface area contributed by atoms with Crippen molar-refractivity contribution in [3.63, 3.8) is 0 Å². The van der Waals surface area contributed by atoms with Gasteiger partial charge in [0.15, 0.2) is 5.96 Å².